The van der Waals surface area contributed by atoms with Crippen LogP contribution in [0.25, 0.3) is 0 Å². The lowest BCUT2D eigenvalue weighted by Crippen LogP contribution is -2.38. The fourth-order valence-corrected chi connectivity index (χ4v) is 2.48. The SMILES string of the molecule is CCC(CCO)NC(CN)c1cn(C)nc1C(C)(C)C. The Kier molecular flexibility index (Phi) is 6.17. The standard InChI is InChI=1S/C15H30N4O/c1-6-11(7-8-20)17-13(9-16)12-10-19(5)18-14(12)15(2,3)4/h10-11,13,17,20H,6-9,16H2,1-5H3. The van der Waals surface area contributed by atoms with E-state index in [0.29, 0.717) is 6.54 Å². The fraction of sp³-hybridized carbons (Fsp3) is 0.800. The van der Waals surface area contributed by atoms with Crippen molar-refractivity contribution < 1.29 is 5.11 Å². The Morgan fingerprint density at radius 1 is 1.45 bits per heavy atom. The number of nitrogens with two attached hydrogens (primary N) is 1. The van der Waals surface area contributed by atoms with Gasteiger partial charge in [0, 0.05) is 49.5 Å². The Morgan fingerprint density at radius 2 is 2.10 bits per heavy atom. The Hall–Kier alpha value is -0.910. The van der Waals surface area contributed by atoms with Crippen molar-refractivity contribution in [3.8, 4) is 0 Å². The van der Waals surface area contributed by atoms with E-state index in [4.69, 9.17) is 10.8 Å². The first-order valence-electron chi connectivity index (χ1n) is 7.44. The third-order valence-electron chi connectivity index (χ3n) is 3.59. The highest BCUT2D eigenvalue weighted by Gasteiger charge is 2.26. The lowest BCUT2D eigenvalue weighted by Gasteiger charge is -2.26. The van der Waals surface area contributed by atoms with Crippen molar-refractivity contribution in [2.24, 2.45) is 12.8 Å². The van der Waals surface area contributed by atoms with Crippen LogP contribution in [0.3, 0.4) is 0 Å². The Balaban J connectivity index is 3.00. The minimum absolute atomic E-state index is 0.00954. The highest BCUT2D eigenvalue weighted by molar-refractivity contribution is 5.27. The van der Waals surface area contributed by atoms with Crippen molar-refractivity contribution >= 4 is 0 Å². The van der Waals surface area contributed by atoms with Crippen molar-refractivity contribution in [2.45, 2.75) is 58.0 Å². The van der Waals surface area contributed by atoms with Gasteiger partial charge in [0.25, 0.3) is 0 Å². The first kappa shape index (κ1) is 17.1. The van der Waals surface area contributed by atoms with Crippen LogP contribution in [-0.4, -0.2) is 34.1 Å². The smallest absolute Gasteiger partial charge is 0.0726 e. The number of nitrogens with zero attached hydrogens (tertiary/aromatic N) is 2. The number of aliphatic hydroxyl groups is 1. The molecule has 0 aromatic carbocycles. The first-order chi connectivity index (χ1) is 9.33. The van der Waals surface area contributed by atoms with Crippen molar-refractivity contribution in [2.75, 3.05) is 13.2 Å². The summed E-state index contributed by atoms with van der Waals surface area (Å²) in [5.41, 5.74) is 8.20. The summed E-state index contributed by atoms with van der Waals surface area (Å²) in [6.07, 6.45) is 3.77. The van der Waals surface area contributed by atoms with E-state index in [1.165, 1.54) is 5.56 Å². The Labute approximate surface area is 122 Å². The first-order valence-corrected chi connectivity index (χ1v) is 7.44. The lowest BCUT2D eigenvalue weighted by molar-refractivity contribution is 0.255. The molecule has 1 rings (SSSR count). The summed E-state index contributed by atoms with van der Waals surface area (Å²) < 4.78 is 1.85. The van der Waals surface area contributed by atoms with E-state index in [9.17, 15) is 0 Å². The molecule has 20 heavy (non-hydrogen) atoms. The number of hydrogen-bond acceptors (Lipinski definition) is 4. The van der Waals surface area contributed by atoms with E-state index >= 15 is 0 Å². The number of nitrogens with one attached hydrogen (secondary N) is 1. The van der Waals surface area contributed by atoms with Gasteiger partial charge in [-0.25, -0.2) is 0 Å². The summed E-state index contributed by atoms with van der Waals surface area (Å²) in [6.45, 7) is 9.33. The molecule has 0 aliphatic carbocycles. The second-order valence-electron chi connectivity index (χ2n) is 6.43. The van der Waals surface area contributed by atoms with Crippen LogP contribution < -0.4 is 11.1 Å². The lowest BCUT2D eigenvalue weighted by atomic mass is 9.87. The monoisotopic (exact) mass is 282 g/mol. The molecule has 4 N–H and O–H groups in total. The summed E-state index contributed by atoms with van der Waals surface area (Å²) in [4.78, 5) is 0. The van der Waals surface area contributed by atoms with Crippen LogP contribution >= 0.6 is 0 Å². The third kappa shape index (κ3) is 4.30. The van der Waals surface area contributed by atoms with Gasteiger partial charge in [-0.05, 0) is 12.8 Å². The molecule has 0 saturated carbocycles. The van der Waals surface area contributed by atoms with Gasteiger partial charge in [-0.2, -0.15) is 5.10 Å². The van der Waals surface area contributed by atoms with Crippen molar-refractivity contribution in [3.05, 3.63) is 17.5 Å². The number of aryl methyl sites for hydroxylation is 1. The normalized spacial score (nSPS) is 15.3. The van der Waals surface area contributed by atoms with Gasteiger partial charge in [0.15, 0.2) is 0 Å². The van der Waals surface area contributed by atoms with Crippen molar-refractivity contribution in [3.63, 3.8) is 0 Å². The largest absolute Gasteiger partial charge is 0.396 e. The summed E-state index contributed by atoms with van der Waals surface area (Å²) in [5, 5.41) is 17.3. The molecule has 2 atom stereocenters. The van der Waals surface area contributed by atoms with Gasteiger partial charge >= 0.3 is 0 Å². The Morgan fingerprint density at radius 3 is 2.55 bits per heavy atom. The zero-order valence-electron chi connectivity index (χ0n) is 13.5. The van der Waals surface area contributed by atoms with Crippen LogP contribution in [-0.2, 0) is 12.5 Å². The van der Waals surface area contributed by atoms with Crippen LogP contribution in [0.2, 0.25) is 0 Å². The number of aromatic nitrogens is 2. The van der Waals surface area contributed by atoms with Crippen LogP contribution in [0.15, 0.2) is 6.20 Å². The molecule has 0 radical (unpaired) electrons. The van der Waals surface area contributed by atoms with E-state index in [0.717, 1.165) is 18.5 Å². The van der Waals surface area contributed by atoms with Gasteiger partial charge in [0.05, 0.1) is 5.69 Å². The van der Waals surface area contributed by atoms with Gasteiger partial charge < -0.3 is 16.2 Å². The summed E-state index contributed by atoms with van der Waals surface area (Å²) in [6, 6.07) is 0.357. The molecule has 0 bridgehead atoms. The molecule has 2 unspecified atom stereocenters. The molecule has 0 aliphatic heterocycles. The average Bonchev–Trinajstić information content (AvgIpc) is 2.76. The predicted octanol–water partition coefficient (Wildman–Crippen LogP) is 1.47. The van der Waals surface area contributed by atoms with Crippen LogP contribution in [0.1, 0.15) is 57.8 Å². The van der Waals surface area contributed by atoms with Gasteiger partial charge in [-0.1, -0.05) is 27.7 Å². The third-order valence-corrected chi connectivity index (χ3v) is 3.59. The molecule has 0 amide bonds. The molecule has 0 aliphatic rings. The molecular weight excluding hydrogens is 252 g/mol. The summed E-state index contributed by atoms with van der Waals surface area (Å²) in [5.74, 6) is 0. The number of hydrogen-bond donors (Lipinski definition) is 3. The molecule has 1 heterocycles. The molecule has 5 nitrogen and oxygen atoms in total. The molecule has 1 aromatic heterocycles. The van der Waals surface area contributed by atoms with Crippen molar-refractivity contribution in [1.82, 2.24) is 15.1 Å². The quantitative estimate of drug-likeness (QED) is 0.708. The van der Waals surface area contributed by atoms with E-state index in [1.54, 1.807) is 0 Å². The van der Waals surface area contributed by atoms with E-state index in [-0.39, 0.29) is 24.1 Å². The second-order valence-corrected chi connectivity index (χ2v) is 6.43. The zero-order chi connectivity index (χ0) is 15.3. The highest BCUT2D eigenvalue weighted by Crippen LogP contribution is 2.28. The average molecular weight is 282 g/mol. The maximum atomic E-state index is 9.12. The minimum atomic E-state index is -0.00954. The maximum absolute atomic E-state index is 9.12. The summed E-state index contributed by atoms with van der Waals surface area (Å²) >= 11 is 0. The van der Waals surface area contributed by atoms with E-state index < -0.39 is 0 Å². The molecule has 0 fully saturated rings. The maximum Gasteiger partial charge on any atom is 0.0726 e. The molecule has 1 aromatic rings. The summed E-state index contributed by atoms with van der Waals surface area (Å²) in [7, 11) is 1.94. The van der Waals surface area contributed by atoms with Crippen LogP contribution in [0.5, 0.6) is 0 Å². The fourth-order valence-electron chi connectivity index (χ4n) is 2.48. The molecule has 0 saturated heterocycles. The number of rotatable bonds is 7. The molecule has 0 spiro atoms. The van der Waals surface area contributed by atoms with Crippen LogP contribution in [0.4, 0.5) is 0 Å². The zero-order valence-corrected chi connectivity index (χ0v) is 13.5. The molecule has 116 valence electrons. The van der Waals surface area contributed by atoms with Gasteiger partial charge in [0.2, 0.25) is 0 Å². The van der Waals surface area contributed by atoms with E-state index in [1.807, 2.05) is 11.7 Å². The number of aliphatic hydroxyl groups excluding tert-OH is 1. The Bertz CT molecular complexity index is 408. The van der Waals surface area contributed by atoms with Gasteiger partial charge in [-0.15, -0.1) is 0 Å². The second kappa shape index (κ2) is 7.20. The molecule has 5 heteroatoms. The van der Waals surface area contributed by atoms with Gasteiger partial charge in [-0.3, -0.25) is 4.68 Å². The highest BCUT2D eigenvalue weighted by atomic mass is 16.3. The van der Waals surface area contributed by atoms with Crippen LogP contribution in [0, 0.1) is 0 Å². The molecular formula is C15H30N4O. The van der Waals surface area contributed by atoms with Crippen molar-refractivity contribution in [1.29, 1.82) is 0 Å². The van der Waals surface area contributed by atoms with Gasteiger partial charge in [0.1, 0.15) is 0 Å². The topological polar surface area (TPSA) is 76.1 Å². The minimum Gasteiger partial charge on any atom is -0.396 e. The van der Waals surface area contributed by atoms with E-state index in [2.05, 4.69) is 44.3 Å². The predicted molar refractivity (Wildman–Crippen MR) is 82.6 cm³/mol.